The number of halogens is 3. The van der Waals surface area contributed by atoms with Gasteiger partial charge in [0, 0.05) is 11.5 Å². The van der Waals surface area contributed by atoms with Gasteiger partial charge in [0.05, 0.1) is 5.69 Å². The van der Waals surface area contributed by atoms with Gasteiger partial charge in [-0.2, -0.15) is 0 Å². The summed E-state index contributed by atoms with van der Waals surface area (Å²) in [6, 6.07) is 1.86. The third-order valence-electron chi connectivity index (χ3n) is 3.08. The second-order valence-electron chi connectivity index (χ2n) is 4.54. The molecule has 1 aromatic heterocycles. The molecule has 1 fully saturated rings. The van der Waals surface area contributed by atoms with Crippen LogP contribution in [0.4, 0.5) is 13.2 Å². The first-order chi connectivity index (χ1) is 9.49. The van der Waals surface area contributed by atoms with Crippen LogP contribution >= 0.6 is 11.3 Å². The number of nitrogens with zero attached hydrogens (tertiary/aromatic N) is 1. The number of carboxylic acid groups (broad SMARTS) is 1. The summed E-state index contributed by atoms with van der Waals surface area (Å²) in [5, 5.41) is 9.17. The molecule has 3 rings (SSSR count). The van der Waals surface area contributed by atoms with E-state index in [0.29, 0.717) is 5.69 Å². The van der Waals surface area contributed by atoms with E-state index >= 15 is 0 Å². The molecule has 1 aliphatic rings. The van der Waals surface area contributed by atoms with Gasteiger partial charge >= 0.3 is 5.97 Å². The van der Waals surface area contributed by atoms with Gasteiger partial charge in [-0.15, -0.1) is 11.3 Å². The van der Waals surface area contributed by atoms with Gasteiger partial charge < -0.3 is 5.11 Å². The number of aromatic nitrogens is 1. The molecule has 0 atom stereocenters. The smallest absolute Gasteiger partial charge is 0.347 e. The van der Waals surface area contributed by atoms with E-state index in [1.54, 1.807) is 0 Å². The van der Waals surface area contributed by atoms with Crippen molar-refractivity contribution in [2.75, 3.05) is 0 Å². The van der Waals surface area contributed by atoms with Crippen molar-refractivity contribution >= 4 is 17.3 Å². The molecule has 1 heterocycles. The normalized spacial score (nSPS) is 14.6. The minimum absolute atomic E-state index is 0.0339. The molecule has 0 aliphatic heterocycles. The Labute approximate surface area is 115 Å². The lowest BCUT2D eigenvalue weighted by molar-refractivity contribution is 0.0700. The molecule has 1 saturated carbocycles. The molecule has 20 heavy (non-hydrogen) atoms. The Bertz CT molecular complexity index is 710. The standard InChI is InChI=1S/C13H8F3NO2S/c14-7-4-3-6(8(15)9(7)16)12-17-10(5-1-2-5)11(20-12)13(18)19/h3-5H,1-2H2,(H,18,19). The van der Waals surface area contributed by atoms with Crippen molar-refractivity contribution in [3.05, 3.63) is 40.2 Å². The lowest BCUT2D eigenvalue weighted by Crippen LogP contribution is -1.97. The largest absolute Gasteiger partial charge is 0.477 e. The van der Waals surface area contributed by atoms with Crippen molar-refractivity contribution < 1.29 is 23.1 Å². The first kappa shape index (κ1) is 13.1. The topological polar surface area (TPSA) is 50.2 Å². The maximum atomic E-state index is 13.7. The molecule has 104 valence electrons. The predicted octanol–water partition coefficient (Wildman–Crippen LogP) is 3.80. The molecular formula is C13H8F3NO2S. The molecule has 0 spiro atoms. The SMILES string of the molecule is O=C(O)c1sc(-c2ccc(F)c(F)c2F)nc1C1CC1. The highest BCUT2D eigenvalue weighted by atomic mass is 32.1. The minimum atomic E-state index is -1.58. The Morgan fingerprint density at radius 3 is 2.55 bits per heavy atom. The van der Waals surface area contributed by atoms with Gasteiger partial charge in [0.2, 0.25) is 0 Å². The number of carbonyl (C=O) groups is 1. The van der Waals surface area contributed by atoms with Crippen LogP contribution in [0.25, 0.3) is 10.6 Å². The van der Waals surface area contributed by atoms with Crippen molar-refractivity contribution in [3.63, 3.8) is 0 Å². The fraction of sp³-hybridized carbons (Fsp3) is 0.231. The van der Waals surface area contributed by atoms with Gasteiger partial charge in [0.25, 0.3) is 0 Å². The zero-order valence-electron chi connectivity index (χ0n) is 9.99. The van der Waals surface area contributed by atoms with Gasteiger partial charge in [0.1, 0.15) is 9.88 Å². The molecule has 0 unspecified atom stereocenters. The van der Waals surface area contributed by atoms with Crippen molar-refractivity contribution in [1.29, 1.82) is 0 Å². The Morgan fingerprint density at radius 2 is 1.95 bits per heavy atom. The van der Waals surface area contributed by atoms with Gasteiger partial charge in [-0.3, -0.25) is 0 Å². The van der Waals surface area contributed by atoms with Crippen molar-refractivity contribution in [2.24, 2.45) is 0 Å². The molecule has 1 aromatic carbocycles. The first-order valence-electron chi connectivity index (χ1n) is 5.87. The lowest BCUT2D eigenvalue weighted by Gasteiger charge is -2.00. The van der Waals surface area contributed by atoms with E-state index in [9.17, 15) is 18.0 Å². The average molecular weight is 299 g/mol. The Balaban J connectivity index is 2.13. The van der Waals surface area contributed by atoms with Crippen LogP contribution in [0.5, 0.6) is 0 Å². The van der Waals surface area contributed by atoms with Gasteiger partial charge in [-0.05, 0) is 25.0 Å². The maximum absolute atomic E-state index is 13.7. The number of carboxylic acids is 1. The van der Waals surface area contributed by atoms with Crippen molar-refractivity contribution in [3.8, 4) is 10.6 Å². The monoisotopic (exact) mass is 299 g/mol. The van der Waals surface area contributed by atoms with E-state index in [1.165, 1.54) is 0 Å². The van der Waals surface area contributed by atoms with E-state index in [1.807, 2.05) is 0 Å². The van der Waals surface area contributed by atoms with Crippen LogP contribution in [0, 0.1) is 17.5 Å². The van der Waals surface area contributed by atoms with Crippen molar-refractivity contribution in [2.45, 2.75) is 18.8 Å². The molecule has 1 N–H and O–H groups in total. The van der Waals surface area contributed by atoms with E-state index < -0.39 is 23.4 Å². The van der Waals surface area contributed by atoms with Crippen LogP contribution in [0.2, 0.25) is 0 Å². The molecule has 0 radical (unpaired) electrons. The molecule has 0 amide bonds. The zero-order chi connectivity index (χ0) is 14.4. The first-order valence-corrected chi connectivity index (χ1v) is 6.68. The average Bonchev–Trinajstić information content (AvgIpc) is 3.16. The quantitative estimate of drug-likeness (QED) is 0.877. The summed E-state index contributed by atoms with van der Waals surface area (Å²) >= 11 is 0.778. The van der Waals surface area contributed by atoms with Gasteiger partial charge in [-0.1, -0.05) is 0 Å². The lowest BCUT2D eigenvalue weighted by atomic mass is 10.2. The summed E-state index contributed by atoms with van der Waals surface area (Å²) in [5.74, 6) is -5.29. The Morgan fingerprint density at radius 1 is 1.25 bits per heavy atom. The number of rotatable bonds is 3. The zero-order valence-corrected chi connectivity index (χ0v) is 10.8. The number of hydrogen-bond donors (Lipinski definition) is 1. The van der Waals surface area contributed by atoms with E-state index in [2.05, 4.69) is 4.98 Å². The molecule has 0 bridgehead atoms. The highest BCUT2D eigenvalue weighted by Crippen LogP contribution is 2.44. The van der Waals surface area contributed by atoms with Crippen LogP contribution in [0.15, 0.2) is 12.1 Å². The summed E-state index contributed by atoms with van der Waals surface area (Å²) in [6.45, 7) is 0. The van der Waals surface area contributed by atoms with E-state index in [4.69, 9.17) is 5.11 Å². The summed E-state index contributed by atoms with van der Waals surface area (Å²) in [5.41, 5.74) is 0.185. The molecule has 0 saturated heterocycles. The third-order valence-corrected chi connectivity index (χ3v) is 4.17. The summed E-state index contributed by atoms with van der Waals surface area (Å²) in [4.78, 5) is 15.3. The highest BCUT2D eigenvalue weighted by Gasteiger charge is 2.33. The second-order valence-corrected chi connectivity index (χ2v) is 5.53. The predicted molar refractivity (Wildman–Crippen MR) is 66.4 cm³/mol. The number of thiazole rings is 1. The van der Waals surface area contributed by atoms with Crippen LogP contribution in [-0.4, -0.2) is 16.1 Å². The van der Waals surface area contributed by atoms with E-state index in [0.717, 1.165) is 36.3 Å². The van der Waals surface area contributed by atoms with Crippen LogP contribution in [-0.2, 0) is 0 Å². The van der Waals surface area contributed by atoms with Crippen LogP contribution in [0.1, 0.15) is 34.1 Å². The second kappa shape index (κ2) is 4.59. The molecule has 1 aliphatic carbocycles. The minimum Gasteiger partial charge on any atom is -0.477 e. The fourth-order valence-electron chi connectivity index (χ4n) is 1.92. The molecular weight excluding hydrogens is 291 g/mol. The van der Waals surface area contributed by atoms with Gasteiger partial charge in [0.15, 0.2) is 17.5 Å². The number of benzene rings is 1. The summed E-state index contributed by atoms with van der Waals surface area (Å²) < 4.78 is 39.8. The third kappa shape index (κ3) is 2.07. The Kier molecular flexibility index (Phi) is 3.01. The number of hydrogen-bond acceptors (Lipinski definition) is 3. The number of aromatic carboxylic acids is 1. The Hall–Kier alpha value is -1.89. The van der Waals surface area contributed by atoms with Crippen LogP contribution < -0.4 is 0 Å². The van der Waals surface area contributed by atoms with E-state index in [-0.39, 0.29) is 21.4 Å². The maximum Gasteiger partial charge on any atom is 0.347 e. The van der Waals surface area contributed by atoms with Crippen molar-refractivity contribution in [1.82, 2.24) is 4.98 Å². The van der Waals surface area contributed by atoms with Crippen LogP contribution in [0.3, 0.4) is 0 Å². The summed E-state index contributed by atoms with van der Waals surface area (Å²) in [7, 11) is 0. The summed E-state index contributed by atoms with van der Waals surface area (Å²) in [6.07, 6.45) is 1.67. The fourth-order valence-corrected chi connectivity index (χ4v) is 2.93. The molecule has 3 nitrogen and oxygen atoms in total. The highest BCUT2D eigenvalue weighted by molar-refractivity contribution is 7.17. The van der Waals surface area contributed by atoms with Gasteiger partial charge in [-0.25, -0.2) is 22.9 Å². The molecule has 7 heteroatoms. The molecule has 2 aromatic rings.